The van der Waals surface area contributed by atoms with Crippen molar-refractivity contribution in [3.05, 3.63) is 107 Å². The quantitative estimate of drug-likeness (QED) is 0.0890. The van der Waals surface area contributed by atoms with Crippen LogP contribution in [0.5, 0.6) is 0 Å². The third-order valence-electron chi connectivity index (χ3n) is 5.12. The number of aromatic nitrogens is 1. The van der Waals surface area contributed by atoms with Gasteiger partial charge in [-0.25, -0.2) is 4.98 Å². The summed E-state index contributed by atoms with van der Waals surface area (Å²) in [5.41, 5.74) is 2.00. The molecule has 2 aromatic rings. The van der Waals surface area contributed by atoms with E-state index in [1.54, 1.807) is 38.3 Å². The van der Waals surface area contributed by atoms with Gasteiger partial charge in [-0.05, 0) is 74.2 Å². The number of nitrogens with zero attached hydrogens (tertiary/aromatic N) is 3. The van der Waals surface area contributed by atoms with Crippen molar-refractivity contribution in [3.8, 4) is 0 Å². The van der Waals surface area contributed by atoms with Crippen LogP contribution in [0.2, 0.25) is 0 Å². The summed E-state index contributed by atoms with van der Waals surface area (Å²) >= 11 is 1.49. The minimum absolute atomic E-state index is 0.0951. The zero-order valence-corrected chi connectivity index (χ0v) is 24.9. The Balaban J connectivity index is 1.79. The molecule has 0 N–H and O–H groups in total. The number of aryl methyl sites for hydroxylation is 1. The van der Waals surface area contributed by atoms with E-state index in [0.29, 0.717) is 5.76 Å². The van der Waals surface area contributed by atoms with Crippen LogP contribution in [-0.4, -0.2) is 52.3 Å². The molecule has 9 heteroatoms. The van der Waals surface area contributed by atoms with Crippen LogP contribution in [0.25, 0.3) is 6.08 Å². The lowest BCUT2D eigenvalue weighted by Crippen LogP contribution is -2.19. The predicted molar refractivity (Wildman–Crippen MR) is 165 cm³/mol. The molecule has 1 aromatic heterocycles. The van der Waals surface area contributed by atoms with Gasteiger partial charge in [0.2, 0.25) is 0 Å². The number of benzene rings is 1. The highest BCUT2D eigenvalue weighted by Gasteiger charge is 2.17. The van der Waals surface area contributed by atoms with Crippen molar-refractivity contribution in [1.29, 1.82) is 0 Å². The topological polar surface area (TPSA) is 81.1 Å². The lowest BCUT2D eigenvalue weighted by Gasteiger charge is -2.15. The van der Waals surface area contributed by atoms with Crippen molar-refractivity contribution >= 4 is 38.8 Å². The van der Waals surface area contributed by atoms with Crippen LogP contribution < -0.4 is 4.90 Å². The molecule has 1 atom stereocenters. The van der Waals surface area contributed by atoms with Crippen molar-refractivity contribution < 1.29 is 17.3 Å². The van der Waals surface area contributed by atoms with Crippen molar-refractivity contribution in [3.63, 3.8) is 0 Å². The molecule has 0 spiro atoms. The summed E-state index contributed by atoms with van der Waals surface area (Å²) in [5, 5.41) is 2.78. The maximum atomic E-state index is 12.4. The fourth-order valence-electron chi connectivity index (χ4n) is 2.96. The first-order chi connectivity index (χ1) is 18.6. The second-order valence-electron chi connectivity index (χ2n) is 8.60. The summed E-state index contributed by atoms with van der Waals surface area (Å²) in [6.45, 7) is 5.41. The number of hydrogen-bond acceptors (Lipinski definition) is 8. The van der Waals surface area contributed by atoms with Gasteiger partial charge < -0.3 is 9.64 Å². The molecule has 1 unspecified atom stereocenters. The van der Waals surface area contributed by atoms with Gasteiger partial charge in [-0.15, -0.1) is 0 Å². The van der Waals surface area contributed by atoms with Gasteiger partial charge in [0.25, 0.3) is 10.1 Å². The molecule has 1 aromatic carbocycles. The smallest absolute Gasteiger partial charge is 0.297 e. The Kier molecular flexibility index (Phi) is 13.5. The van der Waals surface area contributed by atoms with E-state index in [4.69, 9.17) is 8.92 Å². The average Bonchev–Trinajstić information content (AvgIpc) is 2.92. The van der Waals surface area contributed by atoms with E-state index >= 15 is 0 Å². The molecular weight excluding hydrogens is 530 g/mol. The second kappa shape index (κ2) is 16.5. The molecule has 208 valence electrons. The minimum atomic E-state index is -3.83. The Labute approximate surface area is 237 Å². The van der Waals surface area contributed by atoms with E-state index in [2.05, 4.69) is 9.98 Å². The zero-order chi connectivity index (χ0) is 28.7. The maximum Gasteiger partial charge on any atom is 0.297 e. The van der Waals surface area contributed by atoms with E-state index in [1.165, 1.54) is 23.9 Å². The van der Waals surface area contributed by atoms with E-state index < -0.39 is 16.2 Å². The molecule has 39 heavy (non-hydrogen) atoms. The van der Waals surface area contributed by atoms with E-state index in [1.807, 2.05) is 93.0 Å². The standard InChI is InChI=1S/C30H37N3O4S2/c1-7-27(37-25(3)23-36-39(34,35)28-18-15-24(2)16-19-28)13-10-11-21-38-30(31-4)14-9-8-12-26-17-20-29(32-22-26)33(5)6/h7-22,25H,23H2,1-6H3/b12-8+,13-10-,14-9+,21-11+,27-7+,31-30?. The largest absolute Gasteiger partial charge is 0.489 e. The maximum absolute atomic E-state index is 12.4. The molecule has 0 radical (unpaired) electrons. The molecule has 0 saturated carbocycles. The van der Waals surface area contributed by atoms with Gasteiger partial charge in [0.15, 0.2) is 0 Å². The molecular formula is C30H37N3O4S2. The first kappa shape index (κ1) is 31.8. The summed E-state index contributed by atoms with van der Waals surface area (Å²) < 4.78 is 35.7. The molecule has 0 saturated heterocycles. The number of anilines is 1. The molecule has 0 aliphatic carbocycles. The third kappa shape index (κ3) is 11.9. The van der Waals surface area contributed by atoms with Crippen molar-refractivity contribution in [2.24, 2.45) is 4.99 Å². The van der Waals surface area contributed by atoms with Crippen molar-refractivity contribution in [2.45, 2.75) is 31.8 Å². The lowest BCUT2D eigenvalue weighted by atomic mass is 10.2. The number of pyridine rings is 1. The van der Waals surface area contributed by atoms with E-state index in [-0.39, 0.29) is 11.5 Å². The zero-order valence-electron chi connectivity index (χ0n) is 23.3. The summed E-state index contributed by atoms with van der Waals surface area (Å²) in [4.78, 5) is 10.8. The van der Waals surface area contributed by atoms with Gasteiger partial charge in [-0.3, -0.25) is 9.18 Å². The lowest BCUT2D eigenvalue weighted by molar-refractivity contribution is 0.0909. The van der Waals surface area contributed by atoms with Crippen LogP contribution >= 0.6 is 11.8 Å². The van der Waals surface area contributed by atoms with Crippen molar-refractivity contribution in [2.75, 3.05) is 32.6 Å². The van der Waals surface area contributed by atoms with Gasteiger partial charge in [0.1, 0.15) is 24.3 Å². The van der Waals surface area contributed by atoms with Crippen LogP contribution in [0, 0.1) is 6.92 Å². The summed E-state index contributed by atoms with van der Waals surface area (Å²) in [7, 11) is 1.84. The number of aliphatic imine (C=N–C) groups is 1. The van der Waals surface area contributed by atoms with Crippen LogP contribution in [-0.2, 0) is 19.0 Å². The molecule has 1 heterocycles. The molecule has 7 nitrogen and oxygen atoms in total. The van der Waals surface area contributed by atoms with E-state index in [0.717, 1.165) is 22.0 Å². The highest BCUT2D eigenvalue weighted by atomic mass is 32.2. The Morgan fingerprint density at radius 2 is 1.79 bits per heavy atom. The molecule has 0 aliphatic heterocycles. The molecule has 0 bridgehead atoms. The Morgan fingerprint density at radius 1 is 1.08 bits per heavy atom. The summed E-state index contributed by atoms with van der Waals surface area (Å²) in [5.74, 6) is 1.53. The average molecular weight is 568 g/mol. The van der Waals surface area contributed by atoms with Crippen LogP contribution in [0.4, 0.5) is 5.82 Å². The first-order valence-electron chi connectivity index (χ1n) is 12.4. The minimum Gasteiger partial charge on any atom is -0.489 e. The van der Waals surface area contributed by atoms with Gasteiger partial charge in [-0.1, -0.05) is 59.8 Å². The molecule has 0 aliphatic rings. The fraction of sp³-hybridized carbons (Fsp3) is 0.267. The molecule has 0 amide bonds. The van der Waals surface area contributed by atoms with Crippen LogP contribution in [0.3, 0.4) is 0 Å². The Hall–Kier alpha value is -3.40. The molecule has 2 rings (SSSR count). The second-order valence-corrected chi connectivity index (χ2v) is 11.1. The van der Waals surface area contributed by atoms with Gasteiger partial charge in [0.05, 0.1) is 9.94 Å². The summed E-state index contributed by atoms with van der Waals surface area (Å²) in [6, 6.07) is 10.5. The van der Waals surface area contributed by atoms with Gasteiger partial charge >= 0.3 is 0 Å². The number of allylic oxidation sites excluding steroid dienone is 6. The first-order valence-corrected chi connectivity index (χ1v) is 14.7. The summed E-state index contributed by atoms with van der Waals surface area (Å²) in [6.07, 6.45) is 16.5. The van der Waals surface area contributed by atoms with Crippen molar-refractivity contribution in [1.82, 2.24) is 4.98 Å². The monoisotopic (exact) mass is 567 g/mol. The molecule has 0 fully saturated rings. The van der Waals surface area contributed by atoms with Crippen LogP contribution in [0.15, 0.2) is 106 Å². The third-order valence-corrected chi connectivity index (χ3v) is 7.27. The number of ether oxygens (including phenoxy) is 1. The number of hydrogen-bond donors (Lipinski definition) is 0. The fourth-order valence-corrected chi connectivity index (χ4v) is 4.51. The SMILES string of the molecule is C\C=C(/C=C\C=C\SC(/C=C/C=C/c1ccc(N(C)C)nc1)=NC)OC(C)COS(=O)(=O)c1ccc(C)cc1. The predicted octanol–water partition coefficient (Wildman–Crippen LogP) is 6.57. The number of thioether (sulfide) groups is 1. The van der Waals surface area contributed by atoms with Gasteiger partial charge in [-0.2, -0.15) is 8.42 Å². The van der Waals surface area contributed by atoms with Gasteiger partial charge in [0, 0.05) is 27.3 Å². The Morgan fingerprint density at radius 3 is 2.41 bits per heavy atom. The highest BCUT2D eigenvalue weighted by Crippen LogP contribution is 2.15. The van der Waals surface area contributed by atoms with E-state index in [9.17, 15) is 8.42 Å². The number of rotatable bonds is 13. The normalized spacial score (nSPS) is 14.2. The highest BCUT2D eigenvalue weighted by molar-refractivity contribution is 8.16. The Bertz CT molecular complexity index is 1320. The van der Waals surface area contributed by atoms with Crippen LogP contribution in [0.1, 0.15) is 25.0 Å².